The van der Waals surface area contributed by atoms with Gasteiger partial charge in [0.25, 0.3) is 0 Å². The van der Waals surface area contributed by atoms with Crippen LogP contribution in [-0.2, 0) is 0 Å². The monoisotopic (exact) mass is 653 g/mol. The van der Waals surface area contributed by atoms with Crippen LogP contribution in [0, 0.1) is 0 Å². The highest BCUT2D eigenvalue weighted by Crippen LogP contribution is 2.42. The lowest BCUT2D eigenvalue weighted by Crippen LogP contribution is -2.09. The third-order valence-corrected chi connectivity index (χ3v) is 11.2. The van der Waals surface area contributed by atoms with Gasteiger partial charge >= 0.3 is 0 Å². The quantitative estimate of drug-likeness (QED) is 0.167. The number of rotatable bonds is 5. The Morgan fingerprint density at radius 2 is 0.840 bits per heavy atom. The predicted molar refractivity (Wildman–Crippen MR) is 217 cm³/mol. The Hall–Kier alpha value is -6.22. The van der Waals surface area contributed by atoms with Gasteiger partial charge in [0.15, 0.2) is 0 Å². The van der Waals surface area contributed by atoms with Gasteiger partial charge in [-0.2, -0.15) is 0 Å². The molecule has 0 saturated carbocycles. The van der Waals surface area contributed by atoms with Gasteiger partial charge in [-0.15, -0.1) is 11.3 Å². The lowest BCUT2D eigenvalue weighted by atomic mass is 9.94. The molecular weight excluding hydrogens is 623 g/mol. The molecule has 0 N–H and O–H groups in total. The smallest absolute Gasteiger partial charge is 0.0468 e. The maximum absolute atomic E-state index is 2.38. The van der Waals surface area contributed by atoms with Crippen LogP contribution in [-0.4, -0.2) is 0 Å². The summed E-state index contributed by atoms with van der Waals surface area (Å²) in [4.78, 5) is 2.38. The molecule has 1 nitrogen and oxygen atoms in total. The van der Waals surface area contributed by atoms with Crippen LogP contribution in [0.4, 0.5) is 17.1 Å². The van der Waals surface area contributed by atoms with Crippen molar-refractivity contribution in [3.8, 4) is 22.3 Å². The van der Waals surface area contributed by atoms with Crippen molar-refractivity contribution in [3.05, 3.63) is 188 Å². The molecule has 9 aromatic carbocycles. The van der Waals surface area contributed by atoms with Crippen molar-refractivity contribution in [1.29, 1.82) is 0 Å². The lowest BCUT2D eigenvalue weighted by Gasteiger charge is -2.26. The molecule has 1 aromatic heterocycles. The molecule has 0 aliphatic heterocycles. The maximum atomic E-state index is 2.38. The molecule has 0 aliphatic rings. The summed E-state index contributed by atoms with van der Waals surface area (Å²) in [6.07, 6.45) is 0. The molecule has 0 fully saturated rings. The minimum Gasteiger partial charge on any atom is -0.310 e. The Bertz CT molecular complexity index is 2850. The number of thiophene rings is 1. The molecule has 234 valence electrons. The fraction of sp³-hybridized carbons (Fsp3) is 0. The maximum Gasteiger partial charge on any atom is 0.0468 e. The van der Waals surface area contributed by atoms with Crippen molar-refractivity contribution in [3.63, 3.8) is 0 Å². The van der Waals surface area contributed by atoms with Crippen LogP contribution in [0.5, 0.6) is 0 Å². The Morgan fingerprint density at radius 1 is 0.300 bits per heavy atom. The summed E-state index contributed by atoms with van der Waals surface area (Å²) in [7, 11) is 0. The van der Waals surface area contributed by atoms with Gasteiger partial charge in [-0.3, -0.25) is 0 Å². The Labute approximate surface area is 294 Å². The Morgan fingerprint density at radius 3 is 1.62 bits per heavy atom. The molecule has 0 spiro atoms. The molecule has 0 bridgehead atoms. The van der Waals surface area contributed by atoms with Gasteiger partial charge in [0.2, 0.25) is 0 Å². The highest BCUT2D eigenvalue weighted by molar-refractivity contribution is 7.25. The van der Waals surface area contributed by atoms with Gasteiger partial charge in [-0.1, -0.05) is 133 Å². The number of hydrogen-bond donors (Lipinski definition) is 0. The van der Waals surface area contributed by atoms with Crippen LogP contribution in [0.1, 0.15) is 0 Å². The first-order valence-electron chi connectivity index (χ1n) is 17.1. The SMILES string of the molecule is c1ccc(-c2ccc(N(c3ccc(-c4ccc5c(ccc6ccc7ccccc7c65)c4)cc3)c3ccc4sc5ccccc5c4c3)cc2)cc1. The summed E-state index contributed by atoms with van der Waals surface area (Å²) in [6.45, 7) is 0. The normalized spacial score (nSPS) is 11.6. The van der Waals surface area contributed by atoms with Crippen LogP contribution in [0.2, 0.25) is 0 Å². The van der Waals surface area contributed by atoms with E-state index in [1.165, 1.54) is 74.7 Å². The molecule has 0 unspecified atom stereocenters. The van der Waals surface area contributed by atoms with E-state index in [4.69, 9.17) is 0 Å². The van der Waals surface area contributed by atoms with Gasteiger partial charge in [0.1, 0.15) is 0 Å². The topological polar surface area (TPSA) is 3.24 Å². The summed E-state index contributed by atoms with van der Waals surface area (Å²) in [5, 5.41) is 10.3. The second-order valence-corrected chi connectivity index (χ2v) is 14.0. The predicted octanol–water partition coefficient (Wildman–Crippen LogP) is 14.3. The first-order chi connectivity index (χ1) is 24.8. The van der Waals surface area contributed by atoms with E-state index < -0.39 is 0 Å². The fourth-order valence-electron chi connectivity index (χ4n) is 7.55. The van der Waals surface area contributed by atoms with Gasteiger partial charge in [0.05, 0.1) is 0 Å². The third-order valence-electron chi connectivity index (χ3n) is 10.0. The standard InChI is InChI=1S/C48H31NS/c1-2-8-32(9-3-1)33-18-23-39(24-19-33)49(41-27-29-47-45(31-41)44-12-6-7-13-46(44)50-47)40-25-20-34(21-26-40)37-22-28-43-38(30-37)17-16-36-15-14-35-10-4-5-11-42(35)48(36)43/h1-31H. The molecule has 10 rings (SSSR count). The second-order valence-electron chi connectivity index (χ2n) is 13.0. The van der Waals surface area contributed by atoms with Gasteiger partial charge < -0.3 is 4.90 Å². The molecule has 0 saturated heterocycles. The highest BCUT2D eigenvalue weighted by atomic mass is 32.1. The van der Waals surface area contributed by atoms with E-state index in [2.05, 4.69) is 193 Å². The number of hydrogen-bond acceptors (Lipinski definition) is 2. The summed E-state index contributed by atoms with van der Waals surface area (Å²) >= 11 is 1.86. The molecule has 10 aromatic rings. The fourth-order valence-corrected chi connectivity index (χ4v) is 8.64. The minimum atomic E-state index is 1.12. The van der Waals surface area contributed by atoms with Crippen LogP contribution in [0.15, 0.2) is 188 Å². The third kappa shape index (κ3) is 4.84. The van der Waals surface area contributed by atoms with E-state index >= 15 is 0 Å². The molecule has 1 heterocycles. The van der Waals surface area contributed by atoms with E-state index in [1.807, 2.05) is 11.3 Å². The van der Waals surface area contributed by atoms with Crippen LogP contribution in [0.3, 0.4) is 0 Å². The molecule has 0 amide bonds. The van der Waals surface area contributed by atoms with Crippen molar-refractivity contribution < 1.29 is 0 Å². The molecule has 0 atom stereocenters. The number of fused-ring (bicyclic) bond motifs is 8. The Kier molecular flexibility index (Phi) is 6.75. The number of benzene rings is 9. The van der Waals surface area contributed by atoms with Crippen molar-refractivity contribution in [1.82, 2.24) is 0 Å². The number of anilines is 3. The van der Waals surface area contributed by atoms with E-state index in [9.17, 15) is 0 Å². The van der Waals surface area contributed by atoms with Gasteiger partial charge in [-0.05, 0) is 109 Å². The molecule has 2 heteroatoms. The van der Waals surface area contributed by atoms with Crippen molar-refractivity contribution >= 4 is 80.9 Å². The van der Waals surface area contributed by atoms with Crippen LogP contribution >= 0.6 is 11.3 Å². The summed E-state index contributed by atoms with van der Waals surface area (Å²) in [5.74, 6) is 0. The van der Waals surface area contributed by atoms with Crippen molar-refractivity contribution in [2.45, 2.75) is 0 Å². The van der Waals surface area contributed by atoms with Crippen molar-refractivity contribution in [2.75, 3.05) is 4.90 Å². The summed E-state index contributed by atoms with van der Waals surface area (Å²) in [5.41, 5.74) is 8.24. The lowest BCUT2D eigenvalue weighted by molar-refractivity contribution is 1.29. The van der Waals surface area contributed by atoms with Gasteiger partial charge in [0, 0.05) is 37.2 Å². The largest absolute Gasteiger partial charge is 0.310 e. The van der Waals surface area contributed by atoms with E-state index in [-0.39, 0.29) is 0 Å². The average Bonchev–Trinajstić information content (AvgIpc) is 3.56. The van der Waals surface area contributed by atoms with Gasteiger partial charge in [-0.25, -0.2) is 0 Å². The first kappa shape index (κ1) is 28.8. The molecule has 50 heavy (non-hydrogen) atoms. The van der Waals surface area contributed by atoms with E-state index in [1.54, 1.807) is 0 Å². The molecule has 0 aliphatic carbocycles. The van der Waals surface area contributed by atoms with Crippen LogP contribution in [0.25, 0.3) is 74.7 Å². The Balaban J connectivity index is 1.07. The summed E-state index contributed by atoms with van der Waals surface area (Å²) in [6, 6.07) is 68.7. The average molecular weight is 654 g/mol. The molecule has 0 radical (unpaired) electrons. The first-order valence-corrected chi connectivity index (χ1v) is 17.9. The van der Waals surface area contributed by atoms with E-state index in [0.29, 0.717) is 0 Å². The van der Waals surface area contributed by atoms with E-state index in [0.717, 1.165) is 17.1 Å². The second kappa shape index (κ2) is 11.7. The zero-order chi connectivity index (χ0) is 33.0. The zero-order valence-corrected chi connectivity index (χ0v) is 28.1. The number of nitrogens with zero attached hydrogens (tertiary/aromatic N) is 1. The molecular formula is C48H31NS. The zero-order valence-electron chi connectivity index (χ0n) is 27.3. The highest BCUT2D eigenvalue weighted by Gasteiger charge is 2.16. The minimum absolute atomic E-state index is 1.12. The summed E-state index contributed by atoms with van der Waals surface area (Å²) < 4.78 is 2.63. The van der Waals surface area contributed by atoms with Crippen LogP contribution < -0.4 is 4.90 Å². The van der Waals surface area contributed by atoms with Crippen molar-refractivity contribution in [2.24, 2.45) is 0 Å².